The third-order valence-corrected chi connectivity index (χ3v) is 5.30. The maximum Gasteiger partial charge on any atom is 0.0973 e. The Morgan fingerprint density at radius 2 is 2.06 bits per heavy atom. The molecule has 2 N–H and O–H groups in total. The summed E-state index contributed by atoms with van der Waals surface area (Å²) in [5.74, 6) is 0.462. The van der Waals surface area contributed by atoms with Crippen LogP contribution in [0, 0.1) is 11.3 Å². The van der Waals surface area contributed by atoms with Crippen LogP contribution in [0.5, 0.6) is 0 Å². The molecule has 4 saturated heterocycles. The molecule has 98 valence electrons. The Hall–Kier alpha value is -0.160. The Labute approximate surface area is 103 Å². The van der Waals surface area contributed by atoms with E-state index in [-0.39, 0.29) is 12.0 Å². The average Bonchev–Trinajstić information content (AvgIpc) is 2.40. The predicted octanol–water partition coefficient (Wildman–Crippen LogP) is 0.232. The molecule has 0 aromatic carbocycles. The number of piperidine rings is 3. The zero-order chi connectivity index (χ0) is 11.9. The number of hydrogen-bond acceptors (Lipinski definition) is 4. The number of hydrogen-bond donors (Lipinski definition) is 2. The van der Waals surface area contributed by atoms with Crippen molar-refractivity contribution in [2.75, 3.05) is 39.5 Å². The molecular weight excluding hydrogens is 218 g/mol. The van der Waals surface area contributed by atoms with Crippen molar-refractivity contribution < 1.29 is 14.9 Å². The van der Waals surface area contributed by atoms with Gasteiger partial charge in [-0.2, -0.15) is 0 Å². The highest BCUT2D eigenvalue weighted by atomic mass is 16.5. The first-order valence-electron chi connectivity index (χ1n) is 6.84. The third-order valence-electron chi connectivity index (χ3n) is 5.30. The molecule has 4 aliphatic rings. The minimum atomic E-state index is -0.816. The van der Waals surface area contributed by atoms with Gasteiger partial charge in [0.2, 0.25) is 0 Å². The second kappa shape index (κ2) is 4.19. The Balaban J connectivity index is 1.90. The normalized spacial score (nSPS) is 50.5. The van der Waals surface area contributed by atoms with Gasteiger partial charge in [-0.25, -0.2) is 0 Å². The van der Waals surface area contributed by atoms with Crippen LogP contribution in [0.15, 0.2) is 0 Å². The second-order valence-corrected chi connectivity index (χ2v) is 6.05. The number of rotatable bonds is 2. The van der Waals surface area contributed by atoms with Crippen LogP contribution in [0.4, 0.5) is 0 Å². The van der Waals surface area contributed by atoms with Gasteiger partial charge in [-0.05, 0) is 44.7 Å². The summed E-state index contributed by atoms with van der Waals surface area (Å²) in [5, 5.41) is 20.9. The molecular formula is C13H23NO3. The summed E-state index contributed by atoms with van der Waals surface area (Å²) in [6, 6.07) is 0. The van der Waals surface area contributed by atoms with Crippen molar-refractivity contribution in [1.29, 1.82) is 0 Å². The van der Waals surface area contributed by atoms with Gasteiger partial charge in [0.25, 0.3) is 0 Å². The van der Waals surface area contributed by atoms with Gasteiger partial charge in [-0.3, -0.25) is 0 Å². The lowest BCUT2D eigenvalue weighted by Crippen LogP contribution is -2.68. The molecule has 0 aromatic heterocycles. The highest BCUT2D eigenvalue weighted by Crippen LogP contribution is 2.51. The molecule has 4 nitrogen and oxygen atoms in total. The second-order valence-electron chi connectivity index (χ2n) is 6.05. The lowest BCUT2D eigenvalue weighted by molar-refractivity contribution is -0.227. The van der Waals surface area contributed by atoms with Gasteiger partial charge in [0, 0.05) is 18.6 Å². The topological polar surface area (TPSA) is 52.9 Å². The van der Waals surface area contributed by atoms with Gasteiger partial charge < -0.3 is 19.8 Å². The van der Waals surface area contributed by atoms with Crippen molar-refractivity contribution in [1.82, 2.24) is 4.90 Å². The molecule has 2 atom stereocenters. The molecule has 0 radical (unpaired) electrons. The maximum absolute atomic E-state index is 11.0. The van der Waals surface area contributed by atoms with E-state index in [9.17, 15) is 10.2 Å². The zero-order valence-electron chi connectivity index (χ0n) is 10.4. The zero-order valence-corrected chi connectivity index (χ0v) is 10.4. The smallest absolute Gasteiger partial charge is 0.0973 e. The van der Waals surface area contributed by atoms with E-state index in [1.807, 2.05) is 0 Å². The van der Waals surface area contributed by atoms with E-state index in [0.717, 1.165) is 51.9 Å². The fourth-order valence-corrected chi connectivity index (χ4v) is 4.20. The van der Waals surface area contributed by atoms with Gasteiger partial charge in [0.15, 0.2) is 0 Å². The number of aliphatic hydroxyl groups excluding tert-OH is 1. The molecule has 0 saturated carbocycles. The van der Waals surface area contributed by atoms with E-state index < -0.39 is 5.60 Å². The number of aliphatic hydroxyl groups is 2. The highest BCUT2D eigenvalue weighted by molar-refractivity contribution is 5.09. The van der Waals surface area contributed by atoms with E-state index in [1.54, 1.807) is 0 Å². The fraction of sp³-hybridized carbons (Fsp3) is 1.00. The van der Waals surface area contributed by atoms with Crippen LogP contribution in [-0.4, -0.2) is 60.2 Å². The first kappa shape index (κ1) is 11.9. The third kappa shape index (κ3) is 1.65. The largest absolute Gasteiger partial charge is 0.396 e. The monoisotopic (exact) mass is 241 g/mol. The van der Waals surface area contributed by atoms with Crippen molar-refractivity contribution in [3.63, 3.8) is 0 Å². The standard InChI is InChI=1S/C13H23NO3/c15-9-12(13(16)4-1-7-17-10-13)8-14-5-2-11(12)3-6-14/h11,15-16H,1-10H2. The van der Waals surface area contributed by atoms with E-state index in [0.29, 0.717) is 12.5 Å². The molecule has 2 unspecified atom stereocenters. The summed E-state index contributed by atoms with van der Waals surface area (Å²) < 4.78 is 5.49. The Kier molecular flexibility index (Phi) is 2.94. The first-order chi connectivity index (χ1) is 8.20. The SMILES string of the molecule is OCC1(C2(O)CCCOC2)CN2CCC1CC2. The molecule has 0 amide bonds. The number of fused-ring (bicyclic) bond motifs is 3. The molecule has 0 spiro atoms. The Bertz CT molecular complexity index is 282. The lowest BCUT2D eigenvalue weighted by atomic mass is 9.57. The van der Waals surface area contributed by atoms with Gasteiger partial charge in [0.05, 0.1) is 18.8 Å². The molecule has 4 heterocycles. The molecule has 4 heteroatoms. The fourth-order valence-electron chi connectivity index (χ4n) is 4.20. The summed E-state index contributed by atoms with van der Waals surface area (Å²) in [6.07, 6.45) is 3.91. The van der Waals surface area contributed by atoms with Crippen LogP contribution in [0.25, 0.3) is 0 Å². The molecule has 4 aliphatic heterocycles. The van der Waals surface area contributed by atoms with Crippen LogP contribution in [0.3, 0.4) is 0 Å². The highest BCUT2D eigenvalue weighted by Gasteiger charge is 2.58. The Morgan fingerprint density at radius 3 is 2.53 bits per heavy atom. The van der Waals surface area contributed by atoms with Crippen molar-refractivity contribution in [2.45, 2.75) is 31.3 Å². The van der Waals surface area contributed by atoms with Crippen molar-refractivity contribution in [3.05, 3.63) is 0 Å². The van der Waals surface area contributed by atoms with E-state index in [1.165, 1.54) is 0 Å². The first-order valence-corrected chi connectivity index (χ1v) is 6.84. The molecule has 0 aromatic rings. The van der Waals surface area contributed by atoms with Crippen molar-refractivity contribution in [3.8, 4) is 0 Å². The van der Waals surface area contributed by atoms with E-state index in [2.05, 4.69) is 4.90 Å². The summed E-state index contributed by atoms with van der Waals surface area (Å²) in [7, 11) is 0. The van der Waals surface area contributed by atoms with Gasteiger partial charge in [0.1, 0.15) is 0 Å². The minimum absolute atomic E-state index is 0.0913. The maximum atomic E-state index is 11.0. The number of nitrogens with zero attached hydrogens (tertiary/aromatic N) is 1. The lowest BCUT2D eigenvalue weighted by Gasteiger charge is -2.59. The van der Waals surface area contributed by atoms with Gasteiger partial charge >= 0.3 is 0 Å². The van der Waals surface area contributed by atoms with Crippen LogP contribution >= 0.6 is 0 Å². The van der Waals surface area contributed by atoms with Gasteiger partial charge in [-0.15, -0.1) is 0 Å². The summed E-state index contributed by atoms with van der Waals surface area (Å²) in [5.41, 5.74) is -1.16. The van der Waals surface area contributed by atoms with E-state index >= 15 is 0 Å². The quantitative estimate of drug-likeness (QED) is 0.727. The van der Waals surface area contributed by atoms with Crippen molar-refractivity contribution in [2.24, 2.45) is 11.3 Å². The van der Waals surface area contributed by atoms with Gasteiger partial charge in [-0.1, -0.05) is 0 Å². The molecule has 4 rings (SSSR count). The molecule has 17 heavy (non-hydrogen) atoms. The number of ether oxygens (including phenoxy) is 1. The van der Waals surface area contributed by atoms with Crippen LogP contribution < -0.4 is 0 Å². The van der Waals surface area contributed by atoms with Crippen molar-refractivity contribution >= 4 is 0 Å². The minimum Gasteiger partial charge on any atom is -0.396 e. The summed E-state index contributed by atoms with van der Waals surface area (Å²) >= 11 is 0. The summed E-state index contributed by atoms with van der Waals surface area (Å²) in [4.78, 5) is 2.39. The van der Waals surface area contributed by atoms with Crippen LogP contribution in [0.1, 0.15) is 25.7 Å². The molecule has 2 bridgehead atoms. The average molecular weight is 241 g/mol. The Morgan fingerprint density at radius 1 is 1.29 bits per heavy atom. The van der Waals surface area contributed by atoms with E-state index in [4.69, 9.17) is 4.74 Å². The molecule has 4 fully saturated rings. The predicted molar refractivity (Wildman–Crippen MR) is 63.7 cm³/mol. The van der Waals surface area contributed by atoms with Crippen LogP contribution in [0.2, 0.25) is 0 Å². The summed E-state index contributed by atoms with van der Waals surface area (Å²) in [6.45, 7) is 4.34. The molecule has 0 aliphatic carbocycles. The van der Waals surface area contributed by atoms with Crippen LogP contribution in [-0.2, 0) is 4.74 Å².